The van der Waals surface area contributed by atoms with Crippen molar-refractivity contribution in [1.82, 2.24) is 19.6 Å². The fraction of sp³-hybridized carbons (Fsp3) is 0.562. The van der Waals surface area contributed by atoms with Gasteiger partial charge in [0, 0.05) is 12.4 Å². The Morgan fingerprint density at radius 3 is 3.05 bits per heavy atom. The number of fused-ring (bicyclic) bond motifs is 1. The van der Waals surface area contributed by atoms with Gasteiger partial charge in [0.15, 0.2) is 0 Å². The lowest BCUT2D eigenvalue weighted by molar-refractivity contribution is 0.187. The minimum Gasteiger partial charge on any atom is -0.319 e. The zero-order valence-electron chi connectivity index (χ0n) is 12.4. The molecular weight excluding hydrogens is 248 g/mol. The first kappa shape index (κ1) is 13.6. The average molecular weight is 272 g/mol. The van der Waals surface area contributed by atoms with Crippen LogP contribution in [0.25, 0.3) is 5.65 Å². The van der Waals surface area contributed by atoms with Crippen molar-refractivity contribution < 1.29 is 0 Å². The summed E-state index contributed by atoms with van der Waals surface area (Å²) in [4.78, 5) is 7.34. The summed E-state index contributed by atoms with van der Waals surface area (Å²) in [6.07, 6.45) is 8.17. The Balaban J connectivity index is 1.97. The summed E-state index contributed by atoms with van der Waals surface area (Å²) < 4.78 is 2.13. The van der Waals surface area contributed by atoms with E-state index >= 15 is 0 Å². The van der Waals surface area contributed by atoms with Crippen LogP contribution in [0.3, 0.4) is 0 Å². The van der Waals surface area contributed by atoms with Crippen LogP contribution < -0.4 is 5.32 Å². The number of imidazole rings is 1. The van der Waals surface area contributed by atoms with Crippen LogP contribution in [0.5, 0.6) is 0 Å². The fourth-order valence-electron chi connectivity index (χ4n) is 3.46. The molecule has 2 aromatic heterocycles. The number of hydrogen-bond acceptors (Lipinski definition) is 3. The Labute approximate surface area is 120 Å². The van der Waals surface area contributed by atoms with Crippen LogP contribution in [0.4, 0.5) is 0 Å². The van der Waals surface area contributed by atoms with E-state index in [9.17, 15) is 0 Å². The summed E-state index contributed by atoms with van der Waals surface area (Å²) in [5.74, 6) is 0.636. The van der Waals surface area contributed by atoms with E-state index in [-0.39, 0.29) is 0 Å². The number of hydrogen-bond donors (Lipinski definition) is 1. The average Bonchev–Trinajstić information content (AvgIpc) is 2.78. The standard InChI is InChI=1S/C16H24N4/c1-17-11-13-7-3-5-9-19(2)16(13)14-12-20-10-6-4-8-15(20)18-14/h4,6,8,10,12-13,16-17H,3,5,7,9,11H2,1-2H3. The lowest BCUT2D eigenvalue weighted by atomic mass is 9.92. The van der Waals surface area contributed by atoms with Gasteiger partial charge >= 0.3 is 0 Å². The van der Waals surface area contributed by atoms with Crippen molar-refractivity contribution >= 4 is 5.65 Å². The fourth-order valence-corrected chi connectivity index (χ4v) is 3.46. The van der Waals surface area contributed by atoms with Crippen molar-refractivity contribution in [3.63, 3.8) is 0 Å². The monoisotopic (exact) mass is 272 g/mol. The number of aromatic nitrogens is 2. The van der Waals surface area contributed by atoms with Crippen LogP contribution in [-0.4, -0.2) is 41.5 Å². The van der Waals surface area contributed by atoms with Gasteiger partial charge in [-0.25, -0.2) is 4.98 Å². The molecule has 0 aromatic carbocycles. The summed E-state index contributed by atoms with van der Waals surface area (Å²) >= 11 is 0. The van der Waals surface area contributed by atoms with Crippen molar-refractivity contribution in [1.29, 1.82) is 0 Å². The van der Waals surface area contributed by atoms with Crippen molar-refractivity contribution in [2.24, 2.45) is 5.92 Å². The summed E-state index contributed by atoms with van der Waals surface area (Å²) in [6, 6.07) is 6.60. The Kier molecular flexibility index (Phi) is 4.03. The molecule has 1 saturated heterocycles. The zero-order chi connectivity index (χ0) is 13.9. The molecular formula is C16H24N4. The predicted molar refractivity (Wildman–Crippen MR) is 81.8 cm³/mol. The van der Waals surface area contributed by atoms with Gasteiger partial charge in [0.1, 0.15) is 5.65 Å². The smallest absolute Gasteiger partial charge is 0.137 e. The number of nitrogens with zero attached hydrogens (tertiary/aromatic N) is 3. The third kappa shape index (κ3) is 2.58. The van der Waals surface area contributed by atoms with Crippen LogP contribution in [-0.2, 0) is 0 Å². The first-order valence-corrected chi connectivity index (χ1v) is 7.58. The van der Waals surface area contributed by atoms with Crippen molar-refractivity contribution in [2.45, 2.75) is 25.3 Å². The zero-order valence-corrected chi connectivity index (χ0v) is 12.4. The van der Waals surface area contributed by atoms with Gasteiger partial charge in [-0.3, -0.25) is 4.90 Å². The highest BCUT2D eigenvalue weighted by Gasteiger charge is 2.30. The van der Waals surface area contributed by atoms with Crippen LogP contribution >= 0.6 is 0 Å². The first-order valence-electron chi connectivity index (χ1n) is 7.58. The third-order valence-corrected chi connectivity index (χ3v) is 4.41. The molecule has 0 bridgehead atoms. The van der Waals surface area contributed by atoms with E-state index in [1.807, 2.05) is 13.1 Å². The molecule has 3 rings (SSSR count). The van der Waals surface area contributed by atoms with E-state index in [1.54, 1.807) is 0 Å². The highest BCUT2D eigenvalue weighted by molar-refractivity contribution is 5.40. The maximum absolute atomic E-state index is 4.85. The molecule has 4 heteroatoms. The van der Waals surface area contributed by atoms with Crippen LogP contribution in [0.2, 0.25) is 0 Å². The molecule has 1 aliphatic heterocycles. The molecule has 1 fully saturated rings. The number of pyridine rings is 1. The Morgan fingerprint density at radius 2 is 2.25 bits per heavy atom. The highest BCUT2D eigenvalue weighted by atomic mass is 15.2. The lowest BCUT2D eigenvalue weighted by Gasteiger charge is -2.31. The van der Waals surface area contributed by atoms with Crippen LogP contribution in [0, 0.1) is 5.92 Å². The third-order valence-electron chi connectivity index (χ3n) is 4.41. The normalized spacial score (nSPS) is 24.9. The first-order chi connectivity index (χ1) is 9.79. The summed E-state index contributed by atoms with van der Waals surface area (Å²) in [5, 5.41) is 3.36. The predicted octanol–water partition coefficient (Wildman–Crippen LogP) is 2.33. The maximum atomic E-state index is 4.85. The van der Waals surface area contributed by atoms with E-state index in [0.29, 0.717) is 12.0 Å². The van der Waals surface area contributed by atoms with Crippen LogP contribution in [0.1, 0.15) is 31.0 Å². The molecule has 0 saturated carbocycles. The second-order valence-corrected chi connectivity index (χ2v) is 5.87. The van der Waals surface area contributed by atoms with Crippen molar-refractivity contribution in [3.05, 3.63) is 36.3 Å². The molecule has 2 aromatic rings. The molecule has 1 N–H and O–H groups in total. The Morgan fingerprint density at radius 1 is 1.35 bits per heavy atom. The van der Waals surface area contributed by atoms with Crippen molar-refractivity contribution in [3.8, 4) is 0 Å². The summed E-state index contributed by atoms with van der Waals surface area (Å²) in [7, 11) is 4.29. The van der Waals surface area contributed by atoms with E-state index in [1.165, 1.54) is 31.5 Å². The van der Waals surface area contributed by atoms with E-state index in [0.717, 1.165) is 12.2 Å². The Hall–Kier alpha value is -1.39. The van der Waals surface area contributed by atoms with E-state index in [2.05, 4.69) is 46.2 Å². The molecule has 0 spiro atoms. The quantitative estimate of drug-likeness (QED) is 0.931. The molecule has 2 atom stereocenters. The van der Waals surface area contributed by atoms with Crippen LogP contribution in [0.15, 0.2) is 30.6 Å². The van der Waals surface area contributed by atoms with Gasteiger partial charge in [-0.05, 0) is 58.1 Å². The highest BCUT2D eigenvalue weighted by Crippen LogP contribution is 2.33. The minimum atomic E-state index is 0.421. The van der Waals surface area contributed by atoms with E-state index in [4.69, 9.17) is 4.98 Å². The second kappa shape index (κ2) is 5.94. The molecule has 0 radical (unpaired) electrons. The largest absolute Gasteiger partial charge is 0.319 e. The second-order valence-electron chi connectivity index (χ2n) is 5.87. The lowest BCUT2D eigenvalue weighted by Crippen LogP contribution is -2.34. The molecule has 2 unspecified atom stereocenters. The summed E-state index contributed by atoms with van der Waals surface area (Å²) in [6.45, 7) is 2.22. The maximum Gasteiger partial charge on any atom is 0.137 e. The topological polar surface area (TPSA) is 32.6 Å². The van der Waals surface area contributed by atoms with Gasteiger partial charge < -0.3 is 9.72 Å². The van der Waals surface area contributed by atoms with Gasteiger partial charge in [0.05, 0.1) is 11.7 Å². The molecule has 0 aliphatic carbocycles. The number of likely N-dealkylation sites (tertiary alicyclic amines) is 1. The van der Waals surface area contributed by atoms with Crippen molar-refractivity contribution in [2.75, 3.05) is 27.2 Å². The Bertz CT molecular complexity index is 529. The number of rotatable bonds is 3. The molecule has 0 amide bonds. The van der Waals surface area contributed by atoms with Gasteiger partial charge in [-0.2, -0.15) is 0 Å². The molecule has 3 heterocycles. The van der Waals surface area contributed by atoms with Gasteiger partial charge in [0.25, 0.3) is 0 Å². The van der Waals surface area contributed by atoms with Gasteiger partial charge in [-0.15, -0.1) is 0 Å². The van der Waals surface area contributed by atoms with Gasteiger partial charge in [-0.1, -0.05) is 12.5 Å². The minimum absolute atomic E-state index is 0.421. The molecule has 1 aliphatic rings. The van der Waals surface area contributed by atoms with Gasteiger partial charge in [0.2, 0.25) is 0 Å². The molecule has 20 heavy (non-hydrogen) atoms. The summed E-state index contributed by atoms with van der Waals surface area (Å²) in [5.41, 5.74) is 2.25. The van der Waals surface area contributed by atoms with E-state index < -0.39 is 0 Å². The molecule has 4 nitrogen and oxygen atoms in total. The number of nitrogens with one attached hydrogen (secondary N) is 1. The SMILES string of the molecule is CNCC1CCCCN(C)C1c1cn2ccccc2n1. The molecule has 108 valence electrons.